The Bertz CT molecular complexity index is 286. The molecule has 0 aliphatic heterocycles. The van der Waals surface area contributed by atoms with Crippen LogP contribution in [0.15, 0.2) is 11.6 Å². The van der Waals surface area contributed by atoms with Gasteiger partial charge < -0.3 is 5.11 Å². The SMILES string of the molecule is CCCC=C(C(=O)C(=O)O)C1CCCCC1. The number of aliphatic carboxylic acids is 1. The van der Waals surface area contributed by atoms with Crippen LogP contribution in [0, 0.1) is 5.92 Å². The lowest BCUT2D eigenvalue weighted by Gasteiger charge is -2.22. The molecule has 0 radical (unpaired) electrons. The Morgan fingerprint density at radius 3 is 2.38 bits per heavy atom. The minimum atomic E-state index is -1.31. The molecule has 0 atom stereocenters. The van der Waals surface area contributed by atoms with Crippen LogP contribution in [0.25, 0.3) is 0 Å². The van der Waals surface area contributed by atoms with Crippen molar-refractivity contribution in [1.29, 1.82) is 0 Å². The molecule has 1 aliphatic carbocycles. The van der Waals surface area contributed by atoms with Gasteiger partial charge in [-0.15, -0.1) is 0 Å². The molecule has 1 saturated carbocycles. The van der Waals surface area contributed by atoms with Crippen LogP contribution < -0.4 is 0 Å². The molecule has 90 valence electrons. The third-order valence-electron chi connectivity index (χ3n) is 3.15. The first kappa shape index (κ1) is 12.9. The molecule has 16 heavy (non-hydrogen) atoms. The smallest absolute Gasteiger partial charge is 0.376 e. The first-order valence-corrected chi connectivity index (χ1v) is 6.14. The third kappa shape index (κ3) is 3.47. The topological polar surface area (TPSA) is 54.4 Å². The van der Waals surface area contributed by atoms with Gasteiger partial charge in [-0.1, -0.05) is 38.7 Å². The van der Waals surface area contributed by atoms with Gasteiger partial charge in [0.15, 0.2) is 0 Å². The Morgan fingerprint density at radius 2 is 1.88 bits per heavy atom. The fourth-order valence-electron chi connectivity index (χ4n) is 2.28. The van der Waals surface area contributed by atoms with Crippen molar-refractivity contribution in [2.24, 2.45) is 5.92 Å². The van der Waals surface area contributed by atoms with E-state index in [1.54, 1.807) is 0 Å². The molecule has 0 bridgehead atoms. The van der Waals surface area contributed by atoms with Crippen LogP contribution in [0.5, 0.6) is 0 Å². The number of ketones is 1. The van der Waals surface area contributed by atoms with E-state index < -0.39 is 11.8 Å². The summed E-state index contributed by atoms with van der Waals surface area (Å²) in [5.41, 5.74) is 0.550. The van der Waals surface area contributed by atoms with Crippen molar-refractivity contribution in [2.45, 2.75) is 51.9 Å². The highest BCUT2D eigenvalue weighted by Gasteiger charge is 2.26. The molecular weight excluding hydrogens is 204 g/mol. The molecule has 3 nitrogen and oxygen atoms in total. The van der Waals surface area contributed by atoms with Crippen LogP contribution in [0.2, 0.25) is 0 Å². The number of unbranched alkanes of at least 4 members (excludes halogenated alkanes) is 1. The summed E-state index contributed by atoms with van der Waals surface area (Å²) < 4.78 is 0. The van der Waals surface area contributed by atoms with E-state index in [2.05, 4.69) is 0 Å². The summed E-state index contributed by atoms with van der Waals surface area (Å²) in [5.74, 6) is -1.82. The maximum absolute atomic E-state index is 11.6. The minimum Gasteiger partial charge on any atom is -0.475 e. The maximum Gasteiger partial charge on any atom is 0.376 e. The number of carbonyl (C=O) groups excluding carboxylic acids is 1. The normalized spacial score (nSPS) is 18.4. The summed E-state index contributed by atoms with van der Waals surface area (Å²) >= 11 is 0. The van der Waals surface area contributed by atoms with Crippen LogP contribution in [-0.2, 0) is 9.59 Å². The van der Waals surface area contributed by atoms with Crippen molar-refractivity contribution in [1.82, 2.24) is 0 Å². The number of allylic oxidation sites excluding steroid dienone is 1. The molecule has 0 aromatic heterocycles. The lowest BCUT2D eigenvalue weighted by atomic mass is 9.81. The molecule has 0 heterocycles. The lowest BCUT2D eigenvalue weighted by molar-refractivity contribution is -0.147. The van der Waals surface area contributed by atoms with Crippen LogP contribution in [0.4, 0.5) is 0 Å². The second-order valence-corrected chi connectivity index (χ2v) is 4.42. The molecule has 0 aromatic carbocycles. The van der Waals surface area contributed by atoms with Crippen LogP contribution >= 0.6 is 0 Å². The molecule has 1 rings (SSSR count). The van der Waals surface area contributed by atoms with Gasteiger partial charge in [-0.25, -0.2) is 4.79 Å². The minimum absolute atomic E-state index is 0.184. The summed E-state index contributed by atoms with van der Waals surface area (Å²) in [4.78, 5) is 22.3. The quantitative estimate of drug-likeness (QED) is 0.577. The standard InChI is InChI=1S/C13H20O3/c1-2-3-9-11(12(14)13(15)16)10-7-5-4-6-8-10/h9-10H,2-8H2,1H3,(H,15,16). The van der Waals surface area contributed by atoms with Crippen molar-refractivity contribution in [3.63, 3.8) is 0 Å². The van der Waals surface area contributed by atoms with Crippen LogP contribution in [-0.4, -0.2) is 16.9 Å². The number of carboxylic acids is 1. The second-order valence-electron chi connectivity index (χ2n) is 4.42. The van der Waals surface area contributed by atoms with E-state index in [1.807, 2.05) is 13.0 Å². The van der Waals surface area contributed by atoms with E-state index in [0.717, 1.165) is 38.5 Å². The first-order valence-electron chi connectivity index (χ1n) is 6.14. The zero-order valence-electron chi connectivity index (χ0n) is 9.87. The maximum atomic E-state index is 11.6. The second kappa shape index (κ2) is 6.46. The van der Waals surface area contributed by atoms with Gasteiger partial charge in [-0.2, -0.15) is 0 Å². The summed E-state index contributed by atoms with van der Waals surface area (Å²) in [6.45, 7) is 2.03. The zero-order chi connectivity index (χ0) is 12.0. The van der Waals surface area contributed by atoms with E-state index in [9.17, 15) is 9.59 Å². The van der Waals surface area contributed by atoms with Gasteiger partial charge in [-0.3, -0.25) is 4.79 Å². The summed E-state index contributed by atoms with van der Waals surface area (Å²) in [6, 6.07) is 0. The average molecular weight is 224 g/mol. The van der Waals surface area contributed by atoms with Crippen molar-refractivity contribution in [2.75, 3.05) is 0 Å². The fourth-order valence-corrected chi connectivity index (χ4v) is 2.28. The Hall–Kier alpha value is -1.12. The zero-order valence-corrected chi connectivity index (χ0v) is 9.87. The lowest BCUT2D eigenvalue weighted by Crippen LogP contribution is -2.22. The Morgan fingerprint density at radius 1 is 1.25 bits per heavy atom. The molecule has 0 aromatic rings. The van der Waals surface area contributed by atoms with Crippen molar-refractivity contribution < 1.29 is 14.7 Å². The molecule has 0 saturated heterocycles. The van der Waals surface area contributed by atoms with Gasteiger partial charge in [0.1, 0.15) is 0 Å². The molecule has 0 amide bonds. The predicted molar refractivity (Wildman–Crippen MR) is 62.2 cm³/mol. The summed E-state index contributed by atoms with van der Waals surface area (Å²) in [5, 5.41) is 8.79. The number of rotatable bonds is 5. The number of hydrogen-bond acceptors (Lipinski definition) is 2. The van der Waals surface area contributed by atoms with Gasteiger partial charge in [-0.05, 0) is 25.2 Å². The highest BCUT2D eigenvalue weighted by Crippen LogP contribution is 2.30. The average Bonchev–Trinajstić information content (AvgIpc) is 2.30. The largest absolute Gasteiger partial charge is 0.475 e. The highest BCUT2D eigenvalue weighted by molar-refractivity contribution is 6.39. The number of carbonyl (C=O) groups is 2. The number of carboxylic acid groups (broad SMARTS) is 1. The monoisotopic (exact) mass is 224 g/mol. The Labute approximate surface area is 96.5 Å². The van der Waals surface area contributed by atoms with Crippen LogP contribution in [0.3, 0.4) is 0 Å². The summed E-state index contributed by atoms with van der Waals surface area (Å²) in [7, 11) is 0. The number of Topliss-reactive ketones (excluding diaryl/α,β-unsaturated/α-hetero) is 1. The molecule has 0 unspecified atom stereocenters. The molecule has 1 aliphatic rings. The van der Waals surface area contributed by atoms with Gasteiger partial charge in [0.05, 0.1) is 0 Å². The highest BCUT2D eigenvalue weighted by atomic mass is 16.4. The van der Waals surface area contributed by atoms with E-state index in [-0.39, 0.29) is 5.92 Å². The first-order chi connectivity index (χ1) is 7.66. The van der Waals surface area contributed by atoms with Crippen molar-refractivity contribution >= 4 is 11.8 Å². The van der Waals surface area contributed by atoms with E-state index in [1.165, 1.54) is 6.42 Å². The van der Waals surface area contributed by atoms with Gasteiger partial charge in [0, 0.05) is 5.57 Å². The predicted octanol–water partition coefficient (Wildman–Crippen LogP) is 2.95. The summed E-state index contributed by atoms with van der Waals surface area (Å²) in [6.07, 6.45) is 8.95. The van der Waals surface area contributed by atoms with Gasteiger partial charge >= 0.3 is 5.97 Å². The Balaban J connectivity index is 2.77. The van der Waals surface area contributed by atoms with E-state index >= 15 is 0 Å². The van der Waals surface area contributed by atoms with E-state index in [0.29, 0.717) is 5.57 Å². The van der Waals surface area contributed by atoms with E-state index in [4.69, 9.17) is 5.11 Å². The van der Waals surface area contributed by atoms with Gasteiger partial charge in [0.25, 0.3) is 5.78 Å². The van der Waals surface area contributed by atoms with Crippen molar-refractivity contribution in [3.8, 4) is 0 Å². The third-order valence-corrected chi connectivity index (χ3v) is 3.15. The van der Waals surface area contributed by atoms with Crippen molar-refractivity contribution in [3.05, 3.63) is 11.6 Å². The molecule has 1 N–H and O–H groups in total. The Kier molecular flexibility index (Phi) is 5.23. The molecule has 0 spiro atoms. The molecular formula is C13H20O3. The molecule has 3 heteroatoms. The van der Waals surface area contributed by atoms with Crippen LogP contribution in [0.1, 0.15) is 51.9 Å². The molecule has 1 fully saturated rings. The number of hydrogen-bond donors (Lipinski definition) is 1. The fraction of sp³-hybridized carbons (Fsp3) is 0.692. The van der Waals surface area contributed by atoms with Gasteiger partial charge in [0.2, 0.25) is 0 Å².